The van der Waals surface area contributed by atoms with Gasteiger partial charge in [0.1, 0.15) is 17.4 Å². The number of amides is 1. The highest BCUT2D eigenvalue weighted by molar-refractivity contribution is 8.17. The van der Waals surface area contributed by atoms with Crippen LogP contribution in [-0.2, 0) is 10.3 Å². The Morgan fingerprint density at radius 3 is 2.42 bits per heavy atom. The van der Waals surface area contributed by atoms with E-state index in [-0.39, 0.29) is 24.3 Å². The predicted molar refractivity (Wildman–Crippen MR) is 113 cm³/mol. The molecule has 0 atom stereocenters. The Labute approximate surface area is 181 Å². The molecule has 166 valence electrons. The first-order valence-electron chi connectivity index (χ1n) is 9.51. The van der Waals surface area contributed by atoms with Crippen LogP contribution in [0.15, 0.2) is 46.4 Å². The van der Waals surface area contributed by atoms with Crippen molar-refractivity contribution in [2.75, 3.05) is 13.1 Å². The summed E-state index contributed by atoms with van der Waals surface area (Å²) >= 11 is 1.28. The minimum Gasteiger partial charge on any atom is -0.347 e. The van der Waals surface area contributed by atoms with Gasteiger partial charge in [-0.05, 0) is 56.0 Å². The molecule has 2 heterocycles. The Hall–Kier alpha value is -2.62. The molecule has 1 aliphatic rings. The molecule has 1 aromatic carbocycles. The van der Waals surface area contributed by atoms with E-state index in [1.54, 1.807) is 23.7 Å². The van der Waals surface area contributed by atoms with Gasteiger partial charge < -0.3 is 5.32 Å². The second-order valence-corrected chi connectivity index (χ2v) is 8.94. The van der Waals surface area contributed by atoms with Crippen LogP contribution in [0.3, 0.4) is 0 Å². The Morgan fingerprint density at radius 2 is 1.87 bits per heavy atom. The highest BCUT2D eigenvalue weighted by Crippen LogP contribution is 2.33. The van der Waals surface area contributed by atoms with Crippen LogP contribution < -0.4 is 5.32 Å². The zero-order valence-corrected chi connectivity index (χ0v) is 18.1. The lowest BCUT2D eigenvalue weighted by atomic mass is 10.0. The van der Waals surface area contributed by atoms with E-state index in [4.69, 9.17) is 0 Å². The maximum Gasteiger partial charge on any atom is 0.405 e. The average Bonchev–Trinajstić information content (AvgIpc) is 3.13. The topological polar surface area (TPSA) is 59.3 Å². The van der Waals surface area contributed by atoms with Crippen LogP contribution in [0, 0.1) is 5.82 Å². The van der Waals surface area contributed by atoms with Crippen LogP contribution in [0.2, 0.25) is 0 Å². The fourth-order valence-electron chi connectivity index (χ4n) is 3.00. The Balaban J connectivity index is 1.79. The molecule has 5 nitrogen and oxygen atoms in total. The number of hydrogen-bond acceptors (Lipinski definition) is 4. The fourth-order valence-corrected chi connectivity index (χ4v) is 3.85. The van der Waals surface area contributed by atoms with E-state index in [0.717, 1.165) is 16.8 Å². The molecule has 0 saturated heterocycles. The lowest BCUT2D eigenvalue weighted by Gasteiger charge is -2.23. The average molecular weight is 454 g/mol. The summed E-state index contributed by atoms with van der Waals surface area (Å²) in [7, 11) is 0. The number of halogens is 4. The van der Waals surface area contributed by atoms with Crippen molar-refractivity contribution >= 4 is 22.7 Å². The van der Waals surface area contributed by atoms with Crippen LogP contribution in [0.5, 0.6) is 0 Å². The summed E-state index contributed by atoms with van der Waals surface area (Å²) < 4.78 is 52.0. The van der Waals surface area contributed by atoms with Gasteiger partial charge in [-0.1, -0.05) is 11.8 Å². The van der Waals surface area contributed by atoms with E-state index in [1.165, 1.54) is 23.9 Å². The third-order valence-corrected chi connectivity index (χ3v) is 5.41. The van der Waals surface area contributed by atoms with Crippen molar-refractivity contribution in [2.45, 2.75) is 38.9 Å². The Morgan fingerprint density at radius 1 is 1.19 bits per heavy atom. The number of aromatic nitrogens is 2. The van der Waals surface area contributed by atoms with Crippen molar-refractivity contribution < 1.29 is 22.4 Å². The minimum absolute atomic E-state index is 0.147. The molecule has 1 aromatic heterocycles. The molecule has 0 unspecified atom stereocenters. The quantitative estimate of drug-likeness (QED) is 0.655. The molecule has 31 heavy (non-hydrogen) atoms. The van der Waals surface area contributed by atoms with Gasteiger partial charge in [-0.2, -0.15) is 18.3 Å². The summed E-state index contributed by atoms with van der Waals surface area (Å²) in [5, 5.41) is 8.78. The summed E-state index contributed by atoms with van der Waals surface area (Å²) in [6.45, 7) is 4.86. The SMILES string of the molecule is CC(C)(C)n1ncc(C2=NCC(CC(=O)NCC(F)(F)F)=CS2)c1-c1ccc(F)cc1. The normalized spacial score (nSPS) is 14.8. The van der Waals surface area contributed by atoms with Crippen molar-refractivity contribution in [3.8, 4) is 11.3 Å². The van der Waals surface area contributed by atoms with Gasteiger partial charge >= 0.3 is 6.18 Å². The first-order chi connectivity index (χ1) is 14.4. The van der Waals surface area contributed by atoms with E-state index < -0.39 is 18.6 Å². The summed E-state index contributed by atoms with van der Waals surface area (Å²) in [5.41, 5.74) is 2.63. The molecule has 0 saturated carbocycles. The first kappa shape index (κ1) is 23.1. The number of thioether (sulfide) groups is 1. The van der Waals surface area contributed by atoms with Crippen LogP contribution in [-0.4, -0.2) is 40.0 Å². The summed E-state index contributed by atoms with van der Waals surface area (Å²) in [6.07, 6.45) is -2.89. The van der Waals surface area contributed by atoms with Gasteiger partial charge in [-0.15, -0.1) is 0 Å². The number of nitrogens with zero attached hydrogens (tertiary/aromatic N) is 3. The number of alkyl halides is 3. The molecule has 2 aromatic rings. The monoisotopic (exact) mass is 454 g/mol. The number of nitrogens with one attached hydrogen (secondary N) is 1. The van der Waals surface area contributed by atoms with Crippen molar-refractivity contribution in [1.29, 1.82) is 0 Å². The zero-order valence-electron chi connectivity index (χ0n) is 17.3. The second-order valence-electron chi connectivity index (χ2n) is 8.08. The molecule has 10 heteroatoms. The number of hydrogen-bond donors (Lipinski definition) is 1. The molecule has 0 spiro atoms. The Kier molecular flexibility index (Phi) is 6.59. The van der Waals surface area contributed by atoms with Crippen LogP contribution in [0.4, 0.5) is 17.6 Å². The second kappa shape index (κ2) is 8.86. The molecular formula is C21H22F4N4OS. The maximum absolute atomic E-state index is 13.4. The minimum atomic E-state index is -4.44. The van der Waals surface area contributed by atoms with E-state index in [1.807, 2.05) is 30.8 Å². The predicted octanol–water partition coefficient (Wildman–Crippen LogP) is 4.89. The first-order valence-corrected chi connectivity index (χ1v) is 10.4. The lowest BCUT2D eigenvalue weighted by molar-refractivity contribution is -0.138. The maximum atomic E-state index is 13.4. The molecule has 3 rings (SSSR count). The number of carbonyl (C=O) groups excluding carboxylic acids is 1. The molecule has 0 bridgehead atoms. The molecule has 0 fully saturated rings. The smallest absolute Gasteiger partial charge is 0.347 e. The van der Waals surface area contributed by atoms with Crippen LogP contribution in [0.25, 0.3) is 11.3 Å². The molecule has 1 N–H and O–H groups in total. The zero-order chi connectivity index (χ0) is 22.8. The van der Waals surface area contributed by atoms with Crippen molar-refractivity contribution in [3.05, 3.63) is 52.8 Å². The van der Waals surface area contributed by atoms with Gasteiger partial charge in [0, 0.05) is 5.56 Å². The molecule has 0 aliphatic carbocycles. The van der Waals surface area contributed by atoms with E-state index in [0.29, 0.717) is 10.6 Å². The molecule has 1 amide bonds. The van der Waals surface area contributed by atoms with Gasteiger partial charge in [0.05, 0.1) is 36.0 Å². The highest BCUT2D eigenvalue weighted by atomic mass is 32.2. The lowest BCUT2D eigenvalue weighted by Crippen LogP contribution is -2.34. The molecule has 0 radical (unpaired) electrons. The van der Waals surface area contributed by atoms with Crippen LogP contribution >= 0.6 is 11.8 Å². The van der Waals surface area contributed by atoms with Gasteiger partial charge in [0.25, 0.3) is 0 Å². The molecule has 1 aliphatic heterocycles. The van der Waals surface area contributed by atoms with Gasteiger partial charge in [-0.25, -0.2) is 4.39 Å². The Bertz CT molecular complexity index is 1020. The summed E-state index contributed by atoms with van der Waals surface area (Å²) in [4.78, 5) is 16.3. The number of rotatable bonds is 5. The number of aliphatic imine (C=N–C) groups is 1. The summed E-state index contributed by atoms with van der Waals surface area (Å²) in [6, 6.07) is 6.12. The summed E-state index contributed by atoms with van der Waals surface area (Å²) in [5.74, 6) is -1.04. The van der Waals surface area contributed by atoms with Crippen molar-refractivity contribution in [1.82, 2.24) is 15.1 Å². The third kappa shape index (κ3) is 5.96. The van der Waals surface area contributed by atoms with Gasteiger partial charge in [0.2, 0.25) is 5.91 Å². The van der Waals surface area contributed by atoms with E-state index in [9.17, 15) is 22.4 Å². The van der Waals surface area contributed by atoms with Crippen LogP contribution in [0.1, 0.15) is 32.8 Å². The largest absolute Gasteiger partial charge is 0.405 e. The van der Waals surface area contributed by atoms with E-state index in [2.05, 4.69) is 10.1 Å². The van der Waals surface area contributed by atoms with Crippen molar-refractivity contribution in [2.24, 2.45) is 4.99 Å². The van der Waals surface area contributed by atoms with Crippen molar-refractivity contribution in [3.63, 3.8) is 0 Å². The highest BCUT2D eigenvalue weighted by Gasteiger charge is 2.28. The van der Waals surface area contributed by atoms with E-state index >= 15 is 0 Å². The number of carbonyl (C=O) groups is 1. The molecular weight excluding hydrogens is 432 g/mol. The van der Waals surface area contributed by atoms with Gasteiger partial charge in [-0.3, -0.25) is 14.5 Å². The third-order valence-electron chi connectivity index (χ3n) is 4.39. The standard InChI is InChI=1S/C21H22F4N4OS/c1-20(2,3)29-18(14-4-6-15(22)7-5-14)16(10-28-29)19-26-9-13(11-31-19)8-17(30)27-12-21(23,24)25/h4-7,10-11H,8-9,12H2,1-3H3,(H,27,30). The number of benzene rings is 1. The van der Waals surface area contributed by atoms with Gasteiger partial charge in [0.15, 0.2) is 0 Å². The fraction of sp³-hybridized carbons (Fsp3) is 0.381.